The average Bonchev–Trinajstić information content (AvgIpc) is 3.74. The van der Waals surface area contributed by atoms with Gasteiger partial charge in [-0.3, -0.25) is 0 Å². The van der Waals surface area contributed by atoms with E-state index in [1.807, 2.05) is 94.1 Å². The topological polar surface area (TPSA) is 0 Å². The van der Waals surface area contributed by atoms with Crippen LogP contribution in [0.4, 0.5) is 0 Å². The zero-order chi connectivity index (χ0) is 25.8. The number of allylic oxidation sites excluding steroid dienone is 1. The molecule has 0 nitrogen and oxygen atoms in total. The summed E-state index contributed by atoms with van der Waals surface area (Å²) < 4.78 is 8.89. The third-order valence-electron chi connectivity index (χ3n) is 6.79. The Kier molecular flexibility index (Phi) is 7.87. The third-order valence-corrected chi connectivity index (χ3v) is 18.4. The molecule has 0 unspecified atom stereocenters. The van der Waals surface area contributed by atoms with E-state index in [1.54, 1.807) is 0 Å². The summed E-state index contributed by atoms with van der Waals surface area (Å²) in [6.45, 7) is 0. The Bertz CT molecular complexity index is 1680. The predicted octanol–water partition coefficient (Wildman–Crippen LogP) is 9.72. The second kappa shape index (κ2) is 11.6. The summed E-state index contributed by atoms with van der Waals surface area (Å²) in [5, 5.41) is 8.32. The van der Waals surface area contributed by atoms with E-state index in [2.05, 4.69) is 80.3 Å². The van der Waals surface area contributed by atoms with Gasteiger partial charge in [0.2, 0.25) is 0 Å². The van der Waals surface area contributed by atoms with Crippen molar-refractivity contribution in [3.05, 3.63) is 113 Å². The molecule has 8 rings (SSSR count). The van der Waals surface area contributed by atoms with Crippen LogP contribution < -0.4 is 10.4 Å². The lowest BCUT2D eigenvalue weighted by atomic mass is 9.96. The largest absolute Gasteiger partial charge is 0.116 e. The molecule has 0 spiro atoms. The van der Waals surface area contributed by atoms with Crippen molar-refractivity contribution in [3.63, 3.8) is 0 Å². The first kappa shape index (κ1) is 26.6. The van der Waals surface area contributed by atoms with Crippen LogP contribution >= 0.6 is 94.1 Å². The van der Waals surface area contributed by atoms with Gasteiger partial charge in [0, 0.05) is 39.4 Å². The van der Waals surface area contributed by atoms with Crippen molar-refractivity contribution in [1.82, 2.24) is 0 Å². The Morgan fingerprint density at radius 2 is 0.974 bits per heavy atom. The maximum Gasteiger partial charge on any atom is 0.0660 e. The molecule has 0 bridgehead atoms. The van der Waals surface area contributed by atoms with Gasteiger partial charge in [0.05, 0.1) is 25.4 Å². The average molecular weight is 650 g/mol. The molecule has 0 atom stereocenters. The first-order valence-corrected chi connectivity index (χ1v) is 19.9. The summed E-state index contributed by atoms with van der Waals surface area (Å²) in [4.78, 5) is 0. The van der Waals surface area contributed by atoms with Crippen molar-refractivity contribution in [2.75, 3.05) is 23.0 Å². The molecule has 1 aliphatic carbocycles. The first-order valence-electron chi connectivity index (χ1n) is 12.7. The maximum atomic E-state index is 2.44. The van der Waals surface area contributed by atoms with Gasteiger partial charge in [-0.25, -0.2) is 0 Å². The van der Waals surface area contributed by atoms with Crippen molar-refractivity contribution in [2.24, 2.45) is 0 Å². The Balaban J connectivity index is 1.39. The van der Waals surface area contributed by atoms with E-state index < -0.39 is 0 Å². The second-order valence-electron chi connectivity index (χ2n) is 9.18. The highest BCUT2D eigenvalue weighted by molar-refractivity contribution is 8.47. The maximum absolute atomic E-state index is 2.44. The van der Waals surface area contributed by atoms with E-state index in [1.165, 1.54) is 91.9 Å². The minimum Gasteiger partial charge on any atom is -0.116 e. The summed E-state index contributed by atoms with van der Waals surface area (Å²) in [5.74, 6) is 6.09. The van der Waals surface area contributed by atoms with Gasteiger partial charge in [-0.15, -0.1) is 47.0 Å². The normalized spacial score (nSPS) is 22.3. The second-order valence-corrected chi connectivity index (χ2v) is 19.2. The van der Waals surface area contributed by atoms with Crippen LogP contribution in [0, 0.1) is 31.6 Å². The Morgan fingerprint density at radius 1 is 0.487 bits per heavy atom. The van der Waals surface area contributed by atoms with E-state index in [9.17, 15) is 0 Å². The molecule has 5 aliphatic rings. The highest BCUT2D eigenvalue weighted by Gasteiger charge is 2.29. The van der Waals surface area contributed by atoms with Crippen LogP contribution in [0.1, 0.15) is 5.56 Å². The molecule has 3 aromatic rings. The molecule has 0 N–H and O–H groups in total. The van der Waals surface area contributed by atoms with E-state index in [0.717, 1.165) is 0 Å². The van der Waals surface area contributed by atoms with Crippen molar-refractivity contribution in [2.45, 2.75) is 0 Å². The van der Waals surface area contributed by atoms with Crippen LogP contribution in [0.15, 0.2) is 65.5 Å². The summed E-state index contributed by atoms with van der Waals surface area (Å²) >= 11 is 16.1. The van der Waals surface area contributed by atoms with Gasteiger partial charge in [-0.1, -0.05) is 95.6 Å². The third kappa shape index (κ3) is 5.11. The molecule has 4 heterocycles. The van der Waals surface area contributed by atoms with Gasteiger partial charge in [0.25, 0.3) is 0 Å². The Labute approximate surface area is 264 Å². The highest BCUT2D eigenvalue weighted by Crippen LogP contribution is 2.61. The number of hydrogen-bond donors (Lipinski definition) is 0. The lowest BCUT2D eigenvalue weighted by molar-refractivity contribution is 1.39. The van der Waals surface area contributed by atoms with E-state index in [0.29, 0.717) is 0 Å². The summed E-state index contributed by atoms with van der Waals surface area (Å²) in [7, 11) is 0. The molecule has 1 fully saturated rings. The minimum absolute atomic E-state index is 1.21. The predicted molar refractivity (Wildman–Crippen MR) is 191 cm³/mol. The fraction of sp³-hybridized carbons (Fsp3) is 0.129. The molecule has 4 aliphatic heterocycles. The Morgan fingerprint density at radius 3 is 1.51 bits per heavy atom. The number of benzene rings is 3. The van der Waals surface area contributed by atoms with Crippen molar-refractivity contribution < 1.29 is 0 Å². The zero-order valence-electron chi connectivity index (χ0n) is 20.6. The lowest BCUT2D eigenvalue weighted by Crippen LogP contribution is -2.17. The van der Waals surface area contributed by atoms with Gasteiger partial charge in [-0.2, -0.15) is 0 Å². The highest BCUT2D eigenvalue weighted by atomic mass is 32.3. The fourth-order valence-corrected chi connectivity index (χ4v) is 17.2. The van der Waals surface area contributed by atoms with Gasteiger partial charge in [0.1, 0.15) is 0 Å². The van der Waals surface area contributed by atoms with Crippen LogP contribution in [-0.4, -0.2) is 23.0 Å². The smallest absolute Gasteiger partial charge is 0.0660 e. The SMILES string of the molecule is [CH]1[CH][CH][C](/C=C/c2ccc3c(=C4SC5=C(SCCS5)S4)c4ccccc4c(=C4SC5=C(SCCS5)S4)c3c2)[CH]1. The van der Waals surface area contributed by atoms with Crippen molar-refractivity contribution >= 4 is 130 Å². The molecule has 8 heteroatoms. The van der Waals surface area contributed by atoms with Crippen LogP contribution in [0.3, 0.4) is 0 Å². The fourth-order valence-electron chi connectivity index (χ4n) is 5.07. The van der Waals surface area contributed by atoms with Gasteiger partial charge < -0.3 is 0 Å². The minimum atomic E-state index is 1.21. The molecular weight excluding hydrogens is 629 g/mol. The van der Waals surface area contributed by atoms with E-state index >= 15 is 0 Å². The lowest BCUT2D eigenvalue weighted by Gasteiger charge is -2.12. The van der Waals surface area contributed by atoms with Crippen molar-refractivity contribution in [1.29, 1.82) is 0 Å². The zero-order valence-corrected chi connectivity index (χ0v) is 27.1. The molecule has 0 saturated heterocycles. The molecule has 0 aromatic heterocycles. The quantitative estimate of drug-likeness (QED) is 0.249. The van der Waals surface area contributed by atoms with Crippen molar-refractivity contribution in [3.8, 4) is 0 Å². The first-order chi connectivity index (χ1) is 19.3. The van der Waals surface area contributed by atoms with Crippen LogP contribution in [-0.2, 0) is 0 Å². The molecule has 0 amide bonds. The monoisotopic (exact) mass is 649 g/mol. The molecule has 3 aromatic carbocycles. The van der Waals surface area contributed by atoms with Gasteiger partial charge >= 0.3 is 0 Å². The molecule has 193 valence electrons. The number of rotatable bonds is 2. The number of thioether (sulfide) groups is 8. The summed E-state index contributed by atoms with van der Waals surface area (Å²) in [6.07, 6.45) is 13.0. The Hall–Kier alpha value is -0.0600. The van der Waals surface area contributed by atoms with E-state index in [4.69, 9.17) is 0 Å². The van der Waals surface area contributed by atoms with Gasteiger partial charge in [0.15, 0.2) is 0 Å². The van der Waals surface area contributed by atoms with Crippen LogP contribution in [0.25, 0.3) is 36.1 Å². The number of fused-ring (bicyclic) bond motifs is 2. The van der Waals surface area contributed by atoms with Gasteiger partial charge in [-0.05, 0) is 58.9 Å². The number of hydrogen-bond acceptors (Lipinski definition) is 8. The summed E-state index contributed by atoms with van der Waals surface area (Å²) in [6, 6.07) is 16.3. The van der Waals surface area contributed by atoms with E-state index in [-0.39, 0.29) is 0 Å². The molecule has 5 radical (unpaired) electrons. The summed E-state index contributed by atoms with van der Waals surface area (Å²) in [5.41, 5.74) is 1.25. The van der Waals surface area contributed by atoms with Crippen LogP contribution in [0.2, 0.25) is 0 Å². The standard InChI is InChI=1S/C31H21S8/c1-2-6-18(5-1)9-10-19-11-12-22-23(17-19)25(27-38-30-31(39-27)35-16-15-34-30)21-8-4-3-7-20(21)24(22)26-36-28-29(37-26)33-14-13-32-28/h1-12,17H,13-16H2/b10-9+. The molecule has 39 heavy (non-hydrogen) atoms. The molecular formula is C31H21S8. The molecule has 1 saturated carbocycles. The van der Waals surface area contributed by atoms with Crippen LogP contribution in [0.5, 0.6) is 0 Å².